The molecule has 0 N–H and O–H groups in total. The molecular formula is C15H24ClO4P. The van der Waals surface area contributed by atoms with Crippen molar-refractivity contribution in [3.05, 3.63) is 35.4 Å². The molecule has 0 atom stereocenters. The lowest BCUT2D eigenvalue weighted by molar-refractivity contribution is 0.0929. The maximum absolute atomic E-state index is 12.6. The van der Waals surface area contributed by atoms with Gasteiger partial charge >= 0.3 is 7.60 Å². The van der Waals surface area contributed by atoms with Gasteiger partial charge in [0, 0.05) is 5.88 Å². The highest BCUT2D eigenvalue weighted by Gasteiger charge is 2.28. The fourth-order valence-corrected chi connectivity index (χ4v) is 3.86. The second kappa shape index (κ2) is 8.92. The van der Waals surface area contributed by atoms with Crippen LogP contribution in [0.1, 0.15) is 38.8 Å². The van der Waals surface area contributed by atoms with Crippen molar-refractivity contribution in [3.8, 4) is 0 Å². The lowest BCUT2D eigenvalue weighted by Gasteiger charge is -2.22. The Bertz CT molecular complexity index is 462. The Morgan fingerprint density at radius 3 is 2.05 bits per heavy atom. The van der Waals surface area contributed by atoms with Crippen molar-refractivity contribution in [2.24, 2.45) is 0 Å². The van der Waals surface area contributed by atoms with Gasteiger partial charge in [0.1, 0.15) is 6.35 Å². The number of alkyl halides is 1. The van der Waals surface area contributed by atoms with Gasteiger partial charge in [0.05, 0.1) is 18.8 Å². The summed E-state index contributed by atoms with van der Waals surface area (Å²) in [6, 6.07) is 7.73. The van der Waals surface area contributed by atoms with Crippen molar-refractivity contribution in [2.45, 2.75) is 52.4 Å². The third kappa shape index (κ3) is 6.94. The van der Waals surface area contributed by atoms with Crippen molar-refractivity contribution in [1.29, 1.82) is 0 Å². The highest BCUT2D eigenvalue weighted by Crippen LogP contribution is 2.50. The van der Waals surface area contributed by atoms with Crippen LogP contribution in [0.3, 0.4) is 0 Å². The molecule has 120 valence electrons. The molecule has 1 aromatic rings. The Labute approximate surface area is 132 Å². The smallest absolute Gasteiger partial charge is 0.356 e. The summed E-state index contributed by atoms with van der Waals surface area (Å²) < 4.78 is 29.0. The first kappa shape index (κ1) is 18.7. The van der Waals surface area contributed by atoms with Crippen LogP contribution < -0.4 is 0 Å². The second-order valence-corrected chi connectivity index (χ2v) is 7.47. The van der Waals surface area contributed by atoms with Crippen LogP contribution in [0, 0.1) is 0 Å². The van der Waals surface area contributed by atoms with Crippen molar-refractivity contribution >= 4 is 19.2 Å². The van der Waals surface area contributed by atoms with Crippen molar-refractivity contribution in [3.63, 3.8) is 0 Å². The van der Waals surface area contributed by atoms with E-state index in [2.05, 4.69) is 0 Å². The summed E-state index contributed by atoms with van der Waals surface area (Å²) in [7, 11) is -3.25. The topological polar surface area (TPSA) is 44.8 Å². The van der Waals surface area contributed by atoms with Crippen LogP contribution in [0.25, 0.3) is 0 Å². The first-order valence-corrected chi connectivity index (χ1v) is 9.29. The summed E-state index contributed by atoms with van der Waals surface area (Å²) in [5, 5.41) is 0. The molecule has 0 radical (unpaired) electrons. The van der Waals surface area contributed by atoms with Gasteiger partial charge in [0.2, 0.25) is 0 Å². The van der Waals surface area contributed by atoms with Crippen molar-refractivity contribution < 1.29 is 18.3 Å². The minimum absolute atomic E-state index is 0.0695. The van der Waals surface area contributed by atoms with E-state index in [0.29, 0.717) is 12.5 Å². The van der Waals surface area contributed by atoms with E-state index < -0.39 is 7.60 Å². The van der Waals surface area contributed by atoms with E-state index in [1.54, 1.807) is 0 Å². The Hall–Kier alpha value is -0.380. The van der Waals surface area contributed by atoms with Crippen LogP contribution in [-0.2, 0) is 30.8 Å². The van der Waals surface area contributed by atoms with Gasteiger partial charge in [-0.3, -0.25) is 4.57 Å². The molecule has 1 aromatic carbocycles. The Morgan fingerprint density at radius 1 is 1.05 bits per heavy atom. The molecule has 0 unspecified atom stereocenters. The molecular weight excluding hydrogens is 311 g/mol. The van der Waals surface area contributed by atoms with Gasteiger partial charge < -0.3 is 13.8 Å². The molecule has 21 heavy (non-hydrogen) atoms. The SMILES string of the molecule is CC(C)OP(=O)(COCc1ccccc1CCl)OC(C)C. The van der Waals surface area contributed by atoms with E-state index in [4.69, 9.17) is 25.4 Å². The molecule has 0 aromatic heterocycles. The molecule has 0 amide bonds. The van der Waals surface area contributed by atoms with E-state index in [9.17, 15) is 4.57 Å². The number of ether oxygens (including phenoxy) is 1. The van der Waals surface area contributed by atoms with E-state index in [0.717, 1.165) is 11.1 Å². The van der Waals surface area contributed by atoms with Gasteiger partial charge in [-0.25, -0.2) is 0 Å². The maximum atomic E-state index is 12.6. The van der Waals surface area contributed by atoms with Gasteiger partial charge in [0.25, 0.3) is 0 Å². The average Bonchev–Trinajstić information content (AvgIpc) is 2.37. The number of hydrogen-bond donors (Lipinski definition) is 0. The van der Waals surface area contributed by atoms with Crippen LogP contribution in [0.5, 0.6) is 0 Å². The number of benzene rings is 1. The highest BCUT2D eigenvalue weighted by molar-refractivity contribution is 7.53. The van der Waals surface area contributed by atoms with Crippen LogP contribution in [0.15, 0.2) is 24.3 Å². The van der Waals surface area contributed by atoms with E-state index >= 15 is 0 Å². The normalized spacial score (nSPS) is 12.3. The summed E-state index contributed by atoms with van der Waals surface area (Å²) in [4.78, 5) is 0. The Balaban J connectivity index is 2.63. The zero-order chi connectivity index (χ0) is 15.9. The molecule has 0 saturated heterocycles. The fourth-order valence-electron chi connectivity index (χ4n) is 1.82. The average molecular weight is 335 g/mol. The number of hydrogen-bond acceptors (Lipinski definition) is 4. The Kier molecular flexibility index (Phi) is 7.93. The first-order valence-electron chi connectivity index (χ1n) is 7.02. The summed E-state index contributed by atoms with van der Waals surface area (Å²) in [6.07, 6.45) is -0.443. The summed E-state index contributed by atoms with van der Waals surface area (Å²) in [5.74, 6) is 0.419. The summed E-state index contributed by atoms with van der Waals surface area (Å²) in [6.45, 7) is 7.60. The molecule has 0 spiro atoms. The largest absolute Gasteiger partial charge is 0.364 e. The van der Waals surface area contributed by atoms with Gasteiger partial charge in [-0.15, -0.1) is 11.6 Å². The van der Waals surface area contributed by atoms with E-state index in [1.165, 1.54) is 0 Å². The molecule has 0 saturated carbocycles. The molecule has 0 heterocycles. The van der Waals surface area contributed by atoms with E-state index in [1.807, 2.05) is 52.0 Å². The number of halogens is 1. The molecule has 6 heteroatoms. The Morgan fingerprint density at radius 2 is 1.57 bits per heavy atom. The molecule has 0 aliphatic rings. The third-order valence-corrected chi connectivity index (χ3v) is 4.78. The lowest BCUT2D eigenvalue weighted by atomic mass is 10.1. The summed E-state index contributed by atoms with van der Waals surface area (Å²) >= 11 is 5.88. The van der Waals surface area contributed by atoms with Crippen molar-refractivity contribution in [1.82, 2.24) is 0 Å². The predicted octanol–water partition coefficient (Wildman–Crippen LogP) is 4.94. The minimum atomic E-state index is -3.25. The number of rotatable bonds is 9. The van der Waals surface area contributed by atoms with Gasteiger partial charge in [-0.1, -0.05) is 24.3 Å². The molecule has 0 fully saturated rings. The fraction of sp³-hybridized carbons (Fsp3) is 0.600. The quantitative estimate of drug-likeness (QED) is 0.474. The maximum Gasteiger partial charge on any atom is 0.356 e. The molecule has 0 aliphatic heterocycles. The van der Waals surface area contributed by atoms with Gasteiger partial charge in [0.15, 0.2) is 0 Å². The second-order valence-electron chi connectivity index (χ2n) is 5.30. The monoisotopic (exact) mass is 334 g/mol. The first-order chi connectivity index (χ1) is 9.86. The predicted molar refractivity (Wildman–Crippen MR) is 85.7 cm³/mol. The third-order valence-electron chi connectivity index (χ3n) is 2.51. The van der Waals surface area contributed by atoms with Gasteiger partial charge in [-0.2, -0.15) is 0 Å². The molecule has 1 rings (SSSR count). The van der Waals surface area contributed by atoms with Gasteiger partial charge in [-0.05, 0) is 38.8 Å². The van der Waals surface area contributed by atoms with Crippen LogP contribution >= 0.6 is 19.2 Å². The van der Waals surface area contributed by atoms with Crippen molar-refractivity contribution in [2.75, 3.05) is 6.35 Å². The minimum Gasteiger partial charge on any atom is -0.364 e. The highest BCUT2D eigenvalue weighted by atomic mass is 35.5. The van der Waals surface area contributed by atoms with Crippen LogP contribution in [0.4, 0.5) is 0 Å². The molecule has 4 nitrogen and oxygen atoms in total. The van der Waals surface area contributed by atoms with Crippen LogP contribution in [-0.4, -0.2) is 18.6 Å². The van der Waals surface area contributed by atoms with Crippen LogP contribution in [0.2, 0.25) is 0 Å². The zero-order valence-electron chi connectivity index (χ0n) is 13.0. The molecule has 0 bridgehead atoms. The van der Waals surface area contributed by atoms with E-state index in [-0.39, 0.29) is 18.6 Å². The zero-order valence-corrected chi connectivity index (χ0v) is 14.7. The lowest BCUT2D eigenvalue weighted by Crippen LogP contribution is -2.12. The molecule has 0 aliphatic carbocycles. The standard InChI is InChI=1S/C15H24ClO4P/c1-12(2)19-21(17,20-13(3)4)11-18-10-15-8-6-5-7-14(15)9-16/h5-8,12-13H,9-11H2,1-4H3. The summed E-state index contributed by atoms with van der Waals surface area (Å²) in [5.41, 5.74) is 1.98.